The fraction of sp³-hybridized carbons (Fsp3) is 0.133. The molecule has 128 heavy (non-hydrogen) atoms. The van der Waals surface area contributed by atoms with Crippen molar-refractivity contribution in [3.63, 3.8) is 0 Å². The smallest absolute Gasteiger partial charge is 0.135 e. The number of hydrogen-bond donors (Lipinski definition) is 0. The topological polar surface area (TPSA) is 65.5 Å². The molecule has 0 atom stereocenters. The number of benzene rings is 20. The minimum Gasteiger partial charge on any atom is -0.456 e. The number of furan rings is 4. The number of hydrogen-bond acceptors (Lipinski definition) is 8. The van der Waals surface area contributed by atoms with Gasteiger partial charge in [-0.25, -0.2) is 0 Å². The number of fused-ring (bicyclic) bond motifs is 12. The summed E-state index contributed by atoms with van der Waals surface area (Å²) >= 11 is 0. The van der Waals surface area contributed by atoms with Crippen molar-refractivity contribution in [1.29, 1.82) is 0 Å². The van der Waals surface area contributed by atoms with Gasteiger partial charge in [-0.1, -0.05) is 221 Å². The Bertz CT molecular complexity index is 7970. The average molecular weight is 1650 g/mol. The van der Waals surface area contributed by atoms with Crippen LogP contribution in [-0.2, 0) is 0 Å². The second kappa shape index (κ2) is 30.4. The number of anilines is 12. The van der Waals surface area contributed by atoms with Crippen LogP contribution in [0.5, 0.6) is 0 Å². The molecule has 0 amide bonds. The van der Waals surface area contributed by atoms with Gasteiger partial charge in [0, 0.05) is 110 Å². The van der Waals surface area contributed by atoms with Gasteiger partial charge >= 0.3 is 0 Å². The van der Waals surface area contributed by atoms with Gasteiger partial charge in [-0.15, -0.1) is 0 Å². The van der Waals surface area contributed by atoms with E-state index in [-0.39, 0.29) is 0 Å². The Morgan fingerprint density at radius 1 is 0.188 bits per heavy atom. The van der Waals surface area contributed by atoms with Crippen molar-refractivity contribution in [2.45, 2.75) is 104 Å². The lowest BCUT2D eigenvalue weighted by Gasteiger charge is -2.33. The summed E-state index contributed by atoms with van der Waals surface area (Å²) in [4.78, 5) is 9.92. The highest BCUT2D eigenvalue weighted by molar-refractivity contribution is 6.31. The quantitative estimate of drug-likeness (QED) is 0.0998. The maximum Gasteiger partial charge on any atom is 0.135 e. The molecule has 0 saturated heterocycles. The van der Waals surface area contributed by atoms with E-state index >= 15 is 0 Å². The molecule has 0 aliphatic heterocycles. The number of nitrogens with zero attached hydrogens (tertiary/aromatic N) is 4. The van der Waals surface area contributed by atoms with E-state index in [0.29, 0.717) is 11.8 Å². The van der Waals surface area contributed by atoms with E-state index in [4.69, 9.17) is 17.7 Å². The highest BCUT2D eigenvalue weighted by Gasteiger charge is 2.32. The van der Waals surface area contributed by atoms with Crippen molar-refractivity contribution < 1.29 is 17.7 Å². The molecule has 8 nitrogen and oxygen atoms in total. The standard InChI is InChI=1S/C64H52N2O2.C56H40N2O2/c1-5-17-41(18-6-1)53-39-57(65(43-21-9-3-10-22-43)45-29-35-61-55(37-45)47-25-13-15-27-59(47)67-61)51-34-32-50-54(42-19-7-2-8-20-42)40-58(52-33-31-49(53)63(51)64(50)52)66(44-23-11-4-12-24-44)46-30-36-62-56(38-46)48-26-14-16-28-60(48)68-62;1-33-25-34(2)28-41(27-33)57(39-17-23-53-47(31-39)43-9-5-7-11-51(43)59-53)49-21-15-37-14-20-46-50(22-16-38-13-19-45(49)55(37)56(38)46)58(42-29-35(3)26-36(4)30-42)40-18-24-54-48(32-40)44-10-6-8-12-52(44)60-54/h3-4,9-16,21-42H,1-2,5-8,17-20H2;5-32H,1-4H3. The normalized spacial score (nSPS) is 13.7. The monoisotopic (exact) mass is 1650 g/mol. The molecule has 26 rings (SSSR count). The minimum absolute atomic E-state index is 0.486. The van der Waals surface area contributed by atoms with Gasteiger partial charge in [0.25, 0.3) is 0 Å². The van der Waals surface area contributed by atoms with Crippen LogP contribution in [-0.4, -0.2) is 0 Å². The van der Waals surface area contributed by atoms with E-state index in [1.165, 1.54) is 174 Å². The molecule has 24 aromatic rings. The molecule has 616 valence electrons. The summed E-state index contributed by atoms with van der Waals surface area (Å²) < 4.78 is 25.4. The van der Waals surface area contributed by atoms with Gasteiger partial charge in [0.2, 0.25) is 0 Å². The summed E-state index contributed by atoms with van der Waals surface area (Å²) in [6.07, 6.45) is 12.6. The average Bonchev–Trinajstić information content (AvgIpc) is 0.804. The first-order chi connectivity index (χ1) is 63.1. The van der Waals surface area contributed by atoms with Crippen molar-refractivity contribution in [2.24, 2.45) is 0 Å². The zero-order valence-electron chi connectivity index (χ0n) is 72.1. The molecule has 2 aliphatic rings. The van der Waals surface area contributed by atoms with E-state index in [9.17, 15) is 0 Å². The van der Waals surface area contributed by atoms with E-state index in [1.54, 1.807) is 0 Å². The van der Waals surface area contributed by atoms with Gasteiger partial charge in [0.1, 0.15) is 44.7 Å². The summed E-state index contributed by atoms with van der Waals surface area (Å²) in [5.41, 5.74) is 28.7. The van der Waals surface area contributed by atoms with Crippen LogP contribution in [0.25, 0.3) is 152 Å². The van der Waals surface area contributed by atoms with Crippen molar-refractivity contribution >= 4 is 221 Å². The molecule has 0 bridgehead atoms. The maximum atomic E-state index is 6.41. The van der Waals surface area contributed by atoms with Crippen LogP contribution in [0.15, 0.2) is 370 Å². The lowest BCUT2D eigenvalue weighted by molar-refractivity contribution is 0.445. The molecule has 4 heterocycles. The first-order valence-electron chi connectivity index (χ1n) is 45.7. The van der Waals surface area contributed by atoms with Crippen molar-refractivity contribution in [3.05, 3.63) is 385 Å². The third-order valence-corrected chi connectivity index (χ3v) is 28.0. The number of para-hydroxylation sites is 6. The Balaban J connectivity index is 0.000000140. The number of aryl methyl sites for hydroxylation is 4. The predicted molar refractivity (Wildman–Crippen MR) is 539 cm³/mol. The summed E-state index contributed by atoms with van der Waals surface area (Å²) in [6, 6.07) is 130. The van der Waals surface area contributed by atoms with Gasteiger partial charge < -0.3 is 37.3 Å². The van der Waals surface area contributed by atoms with Crippen LogP contribution in [0.2, 0.25) is 0 Å². The predicted octanol–water partition coefficient (Wildman–Crippen LogP) is 36.0. The van der Waals surface area contributed by atoms with Gasteiger partial charge in [-0.05, 0) is 312 Å². The largest absolute Gasteiger partial charge is 0.456 e. The third-order valence-electron chi connectivity index (χ3n) is 28.0. The molecule has 2 fully saturated rings. The Morgan fingerprint density at radius 2 is 0.461 bits per heavy atom. The molecule has 2 aliphatic carbocycles. The molecular weight excluding hydrogens is 1560 g/mol. The van der Waals surface area contributed by atoms with Gasteiger partial charge in [0.05, 0.1) is 22.7 Å². The summed E-state index contributed by atoms with van der Waals surface area (Å²) in [7, 11) is 0. The lowest BCUT2D eigenvalue weighted by atomic mass is 9.77. The van der Waals surface area contributed by atoms with Crippen LogP contribution in [0.4, 0.5) is 68.2 Å². The Kier molecular flexibility index (Phi) is 17.9. The van der Waals surface area contributed by atoms with Crippen LogP contribution >= 0.6 is 0 Å². The van der Waals surface area contributed by atoms with Gasteiger partial charge in [-0.3, -0.25) is 0 Å². The van der Waals surface area contributed by atoms with Gasteiger partial charge in [-0.2, -0.15) is 0 Å². The Labute approximate surface area is 741 Å². The van der Waals surface area contributed by atoms with E-state index < -0.39 is 0 Å². The first kappa shape index (κ1) is 75.4. The Morgan fingerprint density at radius 3 is 0.797 bits per heavy atom. The molecule has 0 N–H and O–H groups in total. The lowest BCUT2D eigenvalue weighted by Crippen LogP contribution is -2.14. The summed E-state index contributed by atoms with van der Waals surface area (Å²) in [5.74, 6) is 0.971. The second-order valence-corrected chi connectivity index (χ2v) is 36.1. The fourth-order valence-electron chi connectivity index (χ4n) is 22.5. The van der Waals surface area contributed by atoms with Crippen LogP contribution in [0.1, 0.15) is 109 Å². The molecular formula is C120H92N4O4. The van der Waals surface area contributed by atoms with Crippen LogP contribution in [0.3, 0.4) is 0 Å². The van der Waals surface area contributed by atoms with Crippen LogP contribution < -0.4 is 19.6 Å². The molecule has 0 radical (unpaired) electrons. The Hall–Kier alpha value is -15.1. The first-order valence-corrected chi connectivity index (χ1v) is 45.7. The second-order valence-electron chi connectivity index (χ2n) is 36.1. The molecule has 8 heteroatoms. The highest BCUT2D eigenvalue weighted by Crippen LogP contribution is 2.56. The molecule has 20 aromatic carbocycles. The summed E-state index contributed by atoms with van der Waals surface area (Å²) in [5, 5.41) is 24.5. The molecule has 2 saturated carbocycles. The minimum atomic E-state index is 0.486. The summed E-state index contributed by atoms with van der Waals surface area (Å²) in [6.45, 7) is 8.73. The highest BCUT2D eigenvalue weighted by atomic mass is 16.3. The number of rotatable bonds is 14. The van der Waals surface area contributed by atoms with Crippen molar-refractivity contribution in [1.82, 2.24) is 0 Å². The zero-order chi connectivity index (χ0) is 84.9. The fourth-order valence-corrected chi connectivity index (χ4v) is 22.5. The molecule has 0 unspecified atom stereocenters. The molecule has 4 aromatic heterocycles. The van der Waals surface area contributed by atoms with E-state index in [1.807, 2.05) is 24.3 Å². The van der Waals surface area contributed by atoms with Crippen LogP contribution in [0, 0.1) is 27.7 Å². The molecule has 0 spiro atoms. The SMILES string of the molecule is Cc1cc(C)cc(N(c2ccc3oc4ccccc4c3c2)c2ccc3ccc4c(N(c5cc(C)cc(C)c5)c5ccc6oc7ccccc7c6c5)ccc5ccc2c3c54)c1.c1ccc(N(c2ccc3oc4ccccc4c3c2)c2cc(C3CCCCC3)c3ccc4c(N(c5ccccc5)c5ccc6oc7ccccc7c6c5)cc(C5CCCCC5)c5ccc2c3c54)cc1. The van der Waals surface area contributed by atoms with E-state index in [2.05, 4.69) is 375 Å². The van der Waals surface area contributed by atoms with Crippen molar-refractivity contribution in [2.75, 3.05) is 19.6 Å². The third kappa shape index (κ3) is 12.5. The zero-order valence-corrected chi connectivity index (χ0v) is 72.1. The van der Waals surface area contributed by atoms with Gasteiger partial charge in [0.15, 0.2) is 0 Å². The maximum absolute atomic E-state index is 6.41. The van der Waals surface area contributed by atoms with Crippen molar-refractivity contribution in [3.8, 4) is 0 Å². The van der Waals surface area contributed by atoms with E-state index in [0.717, 1.165) is 145 Å².